The molecule has 38 heavy (non-hydrogen) atoms. The van der Waals surface area contributed by atoms with Gasteiger partial charge in [-0.3, -0.25) is 14.5 Å². The molecule has 0 bridgehead atoms. The first kappa shape index (κ1) is 26.4. The number of aromatic nitrogens is 1. The van der Waals surface area contributed by atoms with E-state index in [0.29, 0.717) is 24.7 Å². The molecule has 2 aromatic carbocycles. The fourth-order valence-electron chi connectivity index (χ4n) is 6.57. The van der Waals surface area contributed by atoms with E-state index < -0.39 is 5.91 Å². The number of nitrogens with two attached hydrogens (primary N) is 1. The number of likely N-dealkylation sites (tertiary alicyclic amines) is 1. The quantitative estimate of drug-likeness (QED) is 0.540. The molecule has 3 heterocycles. The van der Waals surface area contributed by atoms with Crippen LogP contribution in [0.2, 0.25) is 0 Å². The first-order valence-corrected chi connectivity index (χ1v) is 14.0. The number of piperidine rings is 1. The van der Waals surface area contributed by atoms with Crippen molar-refractivity contribution in [2.24, 2.45) is 5.73 Å². The van der Waals surface area contributed by atoms with Gasteiger partial charge in [0.2, 0.25) is 5.91 Å². The van der Waals surface area contributed by atoms with Crippen molar-refractivity contribution in [1.29, 1.82) is 0 Å². The highest BCUT2D eigenvalue weighted by Gasteiger charge is 2.30. The molecule has 202 valence electrons. The molecule has 2 aliphatic rings. The van der Waals surface area contributed by atoms with Crippen molar-refractivity contribution < 1.29 is 9.59 Å². The minimum Gasteiger partial charge on any atom is -0.368 e. The summed E-state index contributed by atoms with van der Waals surface area (Å²) in [7, 11) is 2.10. The van der Waals surface area contributed by atoms with Crippen molar-refractivity contribution in [2.45, 2.75) is 52.1 Å². The Hall–Kier alpha value is -3.16. The summed E-state index contributed by atoms with van der Waals surface area (Å²) in [4.78, 5) is 33.0. The Morgan fingerprint density at radius 3 is 2.32 bits per heavy atom. The number of nitrogens with zero attached hydrogens (tertiary/aromatic N) is 4. The predicted octanol–water partition coefficient (Wildman–Crippen LogP) is 3.90. The second-order valence-electron chi connectivity index (χ2n) is 11.2. The first-order valence-electron chi connectivity index (χ1n) is 14.0. The molecule has 3 aromatic rings. The van der Waals surface area contributed by atoms with E-state index in [4.69, 9.17) is 5.73 Å². The molecule has 1 aromatic heterocycles. The summed E-state index contributed by atoms with van der Waals surface area (Å²) in [5, 5.41) is 1.04. The van der Waals surface area contributed by atoms with Crippen LogP contribution < -0.4 is 5.73 Å². The van der Waals surface area contributed by atoms with Crippen molar-refractivity contribution in [3.63, 3.8) is 0 Å². The van der Waals surface area contributed by atoms with Crippen LogP contribution in [0.4, 0.5) is 0 Å². The maximum absolute atomic E-state index is 14.1. The van der Waals surface area contributed by atoms with Crippen molar-refractivity contribution in [3.05, 3.63) is 70.4 Å². The maximum Gasteiger partial charge on any atom is 0.270 e. The third kappa shape index (κ3) is 5.36. The van der Waals surface area contributed by atoms with E-state index in [1.165, 1.54) is 16.7 Å². The van der Waals surface area contributed by atoms with Gasteiger partial charge in [-0.1, -0.05) is 36.4 Å². The summed E-state index contributed by atoms with van der Waals surface area (Å²) in [5.74, 6) is 0.147. The van der Waals surface area contributed by atoms with Crippen molar-refractivity contribution in [2.75, 3.05) is 46.3 Å². The lowest BCUT2D eigenvalue weighted by atomic mass is 9.84. The van der Waals surface area contributed by atoms with Crippen LogP contribution in [0.3, 0.4) is 0 Å². The number of amides is 2. The fraction of sp³-hybridized carbons (Fsp3) is 0.484. The zero-order valence-electron chi connectivity index (χ0n) is 23.1. The molecular formula is C31H41N5O2. The van der Waals surface area contributed by atoms with Gasteiger partial charge in [0, 0.05) is 42.6 Å². The molecule has 0 spiro atoms. The molecule has 2 amide bonds. The lowest BCUT2D eigenvalue weighted by Gasteiger charge is -2.34. The summed E-state index contributed by atoms with van der Waals surface area (Å²) in [6, 6.07) is 14.7. The van der Waals surface area contributed by atoms with E-state index in [0.717, 1.165) is 68.5 Å². The van der Waals surface area contributed by atoms with E-state index in [2.05, 4.69) is 55.0 Å². The second kappa shape index (κ2) is 11.3. The highest BCUT2D eigenvalue weighted by Crippen LogP contribution is 2.35. The van der Waals surface area contributed by atoms with Gasteiger partial charge >= 0.3 is 0 Å². The number of carbonyl (C=O) groups is 2. The van der Waals surface area contributed by atoms with Crippen molar-refractivity contribution >= 4 is 22.7 Å². The third-order valence-electron chi connectivity index (χ3n) is 8.52. The Kier molecular flexibility index (Phi) is 7.86. The van der Waals surface area contributed by atoms with Crippen LogP contribution in [0.25, 0.3) is 10.9 Å². The average Bonchev–Trinajstić information content (AvgIpc) is 3.02. The minimum absolute atomic E-state index is 0.00393. The Morgan fingerprint density at radius 2 is 1.61 bits per heavy atom. The monoisotopic (exact) mass is 515 g/mol. The lowest BCUT2D eigenvalue weighted by molar-refractivity contribution is -0.118. The van der Waals surface area contributed by atoms with E-state index in [1.54, 1.807) is 0 Å². The fourth-order valence-corrected chi connectivity index (χ4v) is 6.57. The minimum atomic E-state index is -0.434. The molecule has 7 nitrogen and oxygen atoms in total. The maximum atomic E-state index is 14.1. The summed E-state index contributed by atoms with van der Waals surface area (Å²) in [6.07, 6.45) is 3.15. The number of fused-ring (bicyclic) bond motifs is 1. The molecule has 0 unspecified atom stereocenters. The highest BCUT2D eigenvalue weighted by atomic mass is 16.2. The van der Waals surface area contributed by atoms with Gasteiger partial charge in [0.25, 0.3) is 5.91 Å². The van der Waals surface area contributed by atoms with Gasteiger partial charge in [-0.05, 0) is 88.5 Å². The molecule has 2 aliphatic heterocycles. The van der Waals surface area contributed by atoms with Crippen LogP contribution >= 0.6 is 0 Å². The van der Waals surface area contributed by atoms with Gasteiger partial charge in [-0.25, -0.2) is 0 Å². The van der Waals surface area contributed by atoms with Crippen LogP contribution in [0.1, 0.15) is 57.9 Å². The Morgan fingerprint density at radius 1 is 0.895 bits per heavy atom. The Bertz CT molecular complexity index is 1300. The molecule has 2 fully saturated rings. The molecular weight excluding hydrogens is 474 g/mol. The van der Waals surface area contributed by atoms with Crippen molar-refractivity contribution in [1.82, 2.24) is 19.3 Å². The number of aryl methyl sites for hydroxylation is 2. The van der Waals surface area contributed by atoms with E-state index >= 15 is 0 Å². The number of likely N-dealkylation sites (N-methyl/N-ethyl adjacent to an activating group) is 1. The largest absolute Gasteiger partial charge is 0.368 e. The molecule has 7 heteroatoms. The lowest BCUT2D eigenvalue weighted by Crippen LogP contribution is -2.38. The summed E-state index contributed by atoms with van der Waals surface area (Å²) >= 11 is 0. The van der Waals surface area contributed by atoms with Crippen LogP contribution in [0.5, 0.6) is 0 Å². The standard InChI is InChI=1S/C31H41N5O2/c1-22-8-6-9-23(2)29(22)24-12-16-34(17-13-24)20-26-25-10-4-5-11-27(25)36(21-28(32)37)30(26)31(38)35-15-7-14-33(3)18-19-35/h4-6,8-11,24H,7,12-21H2,1-3H3,(H2,32,37). The average molecular weight is 516 g/mol. The van der Waals surface area contributed by atoms with Gasteiger partial charge in [0.1, 0.15) is 12.2 Å². The SMILES string of the molecule is Cc1cccc(C)c1C1CCN(Cc2c(C(=O)N3CCCN(C)CC3)n(CC(N)=O)c3ccccc23)CC1. The van der Waals surface area contributed by atoms with Crippen LogP contribution in [-0.4, -0.2) is 77.4 Å². The molecule has 0 atom stereocenters. The molecule has 0 radical (unpaired) electrons. The Labute approximate surface area is 226 Å². The zero-order valence-corrected chi connectivity index (χ0v) is 23.1. The molecule has 2 saturated heterocycles. The van der Waals surface area contributed by atoms with E-state index in [9.17, 15) is 9.59 Å². The Balaban J connectivity index is 1.46. The highest BCUT2D eigenvalue weighted by molar-refractivity contribution is 6.02. The van der Waals surface area contributed by atoms with Gasteiger partial charge in [0.05, 0.1) is 0 Å². The summed E-state index contributed by atoms with van der Waals surface area (Å²) in [6.45, 7) is 10.4. The number of benzene rings is 2. The normalized spacial score (nSPS) is 18.1. The zero-order chi connectivity index (χ0) is 26.8. The number of hydrogen-bond donors (Lipinski definition) is 1. The van der Waals surface area contributed by atoms with E-state index in [-0.39, 0.29) is 12.5 Å². The van der Waals surface area contributed by atoms with E-state index in [1.807, 2.05) is 27.7 Å². The smallest absolute Gasteiger partial charge is 0.270 e. The summed E-state index contributed by atoms with van der Waals surface area (Å²) < 4.78 is 1.87. The number of para-hydroxylation sites is 1. The third-order valence-corrected chi connectivity index (χ3v) is 8.52. The van der Waals surface area contributed by atoms with Crippen LogP contribution in [0, 0.1) is 13.8 Å². The van der Waals surface area contributed by atoms with Gasteiger partial charge in [0.15, 0.2) is 0 Å². The topological polar surface area (TPSA) is 74.8 Å². The van der Waals surface area contributed by atoms with Crippen LogP contribution in [-0.2, 0) is 17.9 Å². The molecule has 2 N–H and O–H groups in total. The number of hydrogen-bond acceptors (Lipinski definition) is 4. The van der Waals surface area contributed by atoms with Gasteiger partial charge < -0.3 is 20.1 Å². The number of carbonyl (C=O) groups excluding carboxylic acids is 2. The molecule has 0 aliphatic carbocycles. The summed E-state index contributed by atoms with van der Waals surface area (Å²) in [5.41, 5.74) is 12.5. The molecule has 5 rings (SSSR count). The second-order valence-corrected chi connectivity index (χ2v) is 11.2. The number of primary amides is 1. The van der Waals surface area contributed by atoms with Crippen molar-refractivity contribution in [3.8, 4) is 0 Å². The van der Waals surface area contributed by atoms with Gasteiger partial charge in [-0.2, -0.15) is 0 Å². The molecule has 0 saturated carbocycles. The first-order chi connectivity index (χ1) is 18.3. The van der Waals surface area contributed by atoms with Crippen LogP contribution in [0.15, 0.2) is 42.5 Å². The number of rotatable bonds is 6. The predicted molar refractivity (Wildman–Crippen MR) is 152 cm³/mol. The van der Waals surface area contributed by atoms with Gasteiger partial charge in [-0.15, -0.1) is 0 Å².